The van der Waals surface area contributed by atoms with E-state index in [0.717, 1.165) is 18.2 Å². The number of hydrogen-bond acceptors (Lipinski definition) is 5. The van der Waals surface area contributed by atoms with E-state index >= 15 is 0 Å². The van der Waals surface area contributed by atoms with Gasteiger partial charge in [0.1, 0.15) is 5.54 Å². The molecule has 3 rings (SSSR count). The fraction of sp³-hybridized carbons (Fsp3) is 0.167. The Bertz CT molecular complexity index is 981. The lowest BCUT2D eigenvalue weighted by Gasteiger charge is -2.25. The van der Waals surface area contributed by atoms with Crippen LogP contribution in [0.4, 0.5) is 10.5 Å². The van der Waals surface area contributed by atoms with Crippen LogP contribution in [-0.4, -0.2) is 27.8 Å². The van der Waals surface area contributed by atoms with Gasteiger partial charge in [-0.25, -0.2) is 4.79 Å². The van der Waals surface area contributed by atoms with E-state index in [9.17, 15) is 24.5 Å². The Morgan fingerprint density at radius 2 is 1.93 bits per heavy atom. The predicted molar refractivity (Wildman–Crippen MR) is 99.4 cm³/mol. The minimum Gasteiger partial charge on any atom is -0.318 e. The van der Waals surface area contributed by atoms with Crippen molar-refractivity contribution in [1.29, 1.82) is 0 Å². The third-order valence-electron chi connectivity index (χ3n) is 4.51. The third-order valence-corrected chi connectivity index (χ3v) is 4.82. The second-order valence-electron chi connectivity index (χ2n) is 6.06. The van der Waals surface area contributed by atoms with Gasteiger partial charge in [0.05, 0.1) is 15.5 Å². The van der Waals surface area contributed by atoms with Crippen molar-refractivity contribution in [2.45, 2.75) is 18.9 Å². The topological polar surface area (TPSA) is 122 Å². The lowest BCUT2D eigenvalue weighted by molar-refractivity contribution is -0.384. The molecule has 28 heavy (non-hydrogen) atoms. The van der Waals surface area contributed by atoms with Crippen LogP contribution in [0.15, 0.2) is 48.5 Å². The molecule has 1 saturated heterocycles. The maximum absolute atomic E-state index is 13.0. The van der Waals surface area contributed by atoms with Gasteiger partial charge in [-0.3, -0.25) is 25.1 Å². The number of imide groups is 1. The molecule has 0 radical (unpaired) electrons. The quantitative estimate of drug-likeness (QED) is 0.452. The molecule has 0 saturated carbocycles. The second kappa shape index (κ2) is 7.28. The van der Waals surface area contributed by atoms with Crippen LogP contribution in [0.2, 0.25) is 5.02 Å². The highest BCUT2D eigenvalue weighted by Gasteiger charge is 2.52. The molecule has 2 aromatic rings. The molecule has 10 heteroatoms. The Hall–Kier alpha value is -3.46. The van der Waals surface area contributed by atoms with Gasteiger partial charge in [0.15, 0.2) is 0 Å². The molecule has 2 aromatic carbocycles. The molecule has 0 unspecified atom stereocenters. The van der Waals surface area contributed by atoms with E-state index in [-0.39, 0.29) is 22.7 Å². The van der Waals surface area contributed by atoms with Crippen LogP contribution in [-0.2, 0) is 10.3 Å². The van der Waals surface area contributed by atoms with Crippen molar-refractivity contribution in [3.63, 3.8) is 0 Å². The van der Waals surface area contributed by atoms with Crippen molar-refractivity contribution in [2.75, 3.05) is 0 Å². The summed E-state index contributed by atoms with van der Waals surface area (Å²) in [5.41, 5.74) is 1.11. The van der Waals surface area contributed by atoms with Gasteiger partial charge in [0.2, 0.25) is 0 Å². The van der Waals surface area contributed by atoms with E-state index in [1.807, 2.05) is 0 Å². The minimum atomic E-state index is -1.30. The number of rotatable bonds is 5. The maximum Gasteiger partial charge on any atom is 0.344 e. The van der Waals surface area contributed by atoms with Crippen LogP contribution >= 0.6 is 11.6 Å². The van der Waals surface area contributed by atoms with Gasteiger partial charge in [-0.05, 0) is 18.1 Å². The number of nitrogens with one attached hydrogen (secondary N) is 2. The molecule has 0 aliphatic carbocycles. The summed E-state index contributed by atoms with van der Waals surface area (Å²) in [6.07, 6.45) is 0.270. The van der Waals surface area contributed by atoms with Crippen LogP contribution in [0.1, 0.15) is 29.3 Å². The number of nitro benzene ring substituents is 1. The fourth-order valence-electron chi connectivity index (χ4n) is 3.00. The zero-order valence-corrected chi connectivity index (χ0v) is 15.4. The Morgan fingerprint density at radius 3 is 2.50 bits per heavy atom. The van der Waals surface area contributed by atoms with E-state index in [2.05, 4.69) is 10.7 Å². The first-order chi connectivity index (χ1) is 13.3. The lowest BCUT2D eigenvalue weighted by Crippen LogP contribution is -2.48. The smallest absolute Gasteiger partial charge is 0.318 e. The number of urea groups is 1. The van der Waals surface area contributed by atoms with Gasteiger partial charge in [-0.2, -0.15) is 5.01 Å². The van der Waals surface area contributed by atoms with Gasteiger partial charge >= 0.3 is 6.03 Å². The first-order valence-corrected chi connectivity index (χ1v) is 8.65. The highest BCUT2D eigenvalue weighted by Crippen LogP contribution is 2.31. The van der Waals surface area contributed by atoms with Crippen LogP contribution in [0.25, 0.3) is 0 Å². The van der Waals surface area contributed by atoms with Crippen LogP contribution in [0.5, 0.6) is 0 Å². The van der Waals surface area contributed by atoms with E-state index in [0.29, 0.717) is 10.6 Å². The van der Waals surface area contributed by atoms with E-state index in [1.54, 1.807) is 37.3 Å². The summed E-state index contributed by atoms with van der Waals surface area (Å²) in [7, 11) is 0. The average Bonchev–Trinajstić information content (AvgIpc) is 2.93. The van der Waals surface area contributed by atoms with Crippen molar-refractivity contribution in [3.05, 3.63) is 74.8 Å². The standard InChI is InChI=1S/C18H15ClN4O5/c1-2-18(11-6-4-3-5-7-11)16(25)22(17(26)20-18)21-15(24)13-9-8-12(23(27)28)10-14(13)19/h3-10H,2H2,1H3,(H,20,26)(H,21,24)/t18-/m1/s1. The molecule has 1 fully saturated rings. The summed E-state index contributed by atoms with van der Waals surface area (Å²) in [6.45, 7) is 1.74. The van der Waals surface area contributed by atoms with Crippen LogP contribution in [0, 0.1) is 10.1 Å². The van der Waals surface area contributed by atoms with Crippen LogP contribution in [0.3, 0.4) is 0 Å². The molecule has 0 bridgehead atoms. The molecule has 0 spiro atoms. The van der Waals surface area contributed by atoms with Crippen molar-refractivity contribution < 1.29 is 19.3 Å². The number of benzene rings is 2. The highest BCUT2D eigenvalue weighted by atomic mass is 35.5. The van der Waals surface area contributed by atoms with Crippen molar-refractivity contribution in [1.82, 2.24) is 15.8 Å². The molecular weight excluding hydrogens is 388 g/mol. The minimum absolute atomic E-state index is 0.110. The summed E-state index contributed by atoms with van der Waals surface area (Å²) >= 11 is 5.94. The molecule has 1 aliphatic heterocycles. The number of hydrogen-bond donors (Lipinski definition) is 2. The highest BCUT2D eigenvalue weighted by molar-refractivity contribution is 6.34. The molecule has 2 N–H and O–H groups in total. The molecule has 1 heterocycles. The molecular formula is C18H15ClN4O5. The van der Waals surface area contributed by atoms with Gasteiger partial charge in [0, 0.05) is 12.1 Å². The van der Waals surface area contributed by atoms with E-state index in [4.69, 9.17) is 11.6 Å². The zero-order valence-electron chi connectivity index (χ0n) is 14.6. The molecule has 0 aromatic heterocycles. The van der Waals surface area contributed by atoms with E-state index in [1.165, 1.54) is 0 Å². The Balaban J connectivity index is 1.87. The number of nitro groups is 1. The molecule has 1 aliphatic rings. The number of carbonyl (C=O) groups excluding carboxylic acids is 3. The first kappa shape index (κ1) is 19.3. The first-order valence-electron chi connectivity index (χ1n) is 8.27. The summed E-state index contributed by atoms with van der Waals surface area (Å²) in [5, 5.41) is 13.8. The van der Waals surface area contributed by atoms with E-state index < -0.39 is 28.3 Å². The van der Waals surface area contributed by atoms with Crippen molar-refractivity contribution in [2.24, 2.45) is 0 Å². The Kier molecular flexibility index (Phi) is 5.02. The van der Waals surface area contributed by atoms with Gasteiger partial charge in [-0.15, -0.1) is 0 Å². The van der Waals surface area contributed by atoms with Gasteiger partial charge < -0.3 is 5.32 Å². The average molecular weight is 403 g/mol. The Morgan fingerprint density at radius 1 is 1.25 bits per heavy atom. The summed E-state index contributed by atoms with van der Waals surface area (Å²) in [5.74, 6) is -1.49. The monoisotopic (exact) mass is 402 g/mol. The summed E-state index contributed by atoms with van der Waals surface area (Å²) < 4.78 is 0. The van der Waals surface area contributed by atoms with Gasteiger partial charge in [-0.1, -0.05) is 48.9 Å². The second-order valence-corrected chi connectivity index (χ2v) is 6.47. The van der Waals surface area contributed by atoms with Crippen molar-refractivity contribution in [3.8, 4) is 0 Å². The normalized spacial score (nSPS) is 18.7. The zero-order chi connectivity index (χ0) is 20.5. The molecule has 1 atom stereocenters. The predicted octanol–water partition coefficient (Wildman–Crippen LogP) is 2.75. The number of amides is 4. The Labute approximate surface area is 164 Å². The number of nitrogens with zero attached hydrogens (tertiary/aromatic N) is 2. The third kappa shape index (κ3) is 3.16. The number of non-ortho nitro benzene ring substituents is 1. The van der Waals surface area contributed by atoms with Crippen LogP contribution < -0.4 is 10.7 Å². The largest absolute Gasteiger partial charge is 0.344 e. The molecule has 9 nitrogen and oxygen atoms in total. The van der Waals surface area contributed by atoms with Crippen molar-refractivity contribution >= 4 is 35.1 Å². The van der Waals surface area contributed by atoms with Gasteiger partial charge in [0.25, 0.3) is 17.5 Å². The summed E-state index contributed by atoms with van der Waals surface area (Å²) in [4.78, 5) is 48.0. The SMILES string of the molecule is CC[C@]1(c2ccccc2)NC(=O)N(NC(=O)c2ccc([N+](=O)[O-])cc2Cl)C1=O. The fourth-order valence-corrected chi connectivity index (χ4v) is 3.26. The molecule has 4 amide bonds. The molecule has 144 valence electrons. The lowest BCUT2D eigenvalue weighted by atomic mass is 9.87. The maximum atomic E-state index is 13.0. The number of carbonyl (C=O) groups is 3. The number of hydrazine groups is 1. The number of halogens is 1. The summed E-state index contributed by atoms with van der Waals surface area (Å²) in [6, 6.07) is 11.2.